The van der Waals surface area contributed by atoms with Crippen LogP contribution in [0, 0.1) is 17.8 Å². The van der Waals surface area contributed by atoms with Gasteiger partial charge in [-0.2, -0.15) is 0 Å². The van der Waals surface area contributed by atoms with Gasteiger partial charge in [0.1, 0.15) is 0 Å². The van der Waals surface area contributed by atoms with Crippen LogP contribution in [-0.4, -0.2) is 12.6 Å². The molecule has 0 aromatic heterocycles. The van der Waals surface area contributed by atoms with E-state index in [4.69, 9.17) is 0 Å². The monoisotopic (exact) mass is 159 g/mol. The molecular formula is C8H14ClN. The summed E-state index contributed by atoms with van der Waals surface area (Å²) in [6.45, 7) is 1.34. The normalized spacial score (nSPS) is 55.2. The Balaban J connectivity index is 0.000000403. The van der Waals surface area contributed by atoms with Gasteiger partial charge in [0.2, 0.25) is 0 Å². The molecule has 1 heterocycles. The van der Waals surface area contributed by atoms with Gasteiger partial charge in [0, 0.05) is 6.04 Å². The van der Waals surface area contributed by atoms with E-state index in [0.29, 0.717) is 0 Å². The predicted octanol–water partition coefficient (Wildman–Crippen LogP) is 1.43. The van der Waals surface area contributed by atoms with Crippen LogP contribution >= 0.6 is 12.4 Å². The lowest BCUT2D eigenvalue weighted by molar-refractivity contribution is 0.385. The Bertz CT molecular complexity index is 131. The number of hydrogen-bond donors (Lipinski definition) is 1. The van der Waals surface area contributed by atoms with Gasteiger partial charge in [0.25, 0.3) is 0 Å². The Kier molecular flexibility index (Phi) is 1.47. The van der Waals surface area contributed by atoms with Crippen molar-refractivity contribution in [1.82, 2.24) is 5.32 Å². The fraction of sp³-hybridized carbons (Fsp3) is 1.00. The lowest BCUT2D eigenvalue weighted by Crippen LogP contribution is -2.23. The highest BCUT2D eigenvalue weighted by molar-refractivity contribution is 5.85. The standard InChI is InChI=1S/C8H13N.ClH/c1-5-2-7-6(1)4-9-8(7)3-5;/h5-9H,1-4H2;1H. The van der Waals surface area contributed by atoms with Gasteiger partial charge in [-0.1, -0.05) is 0 Å². The molecule has 1 aliphatic heterocycles. The zero-order valence-corrected chi connectivity index (χ0v) is 6.86. The minimum absolute atomic E-state index is 0. The topological polar surface area (TPSA) is 12.0 Å². The van der Waals surface area contributed by atoms with Crippen LogP contribution in [0.2, 0.25) is 0 Å². The summed E-state index contributed by atoms with van der Waals surface area (Å²) in [7, 11) is 0. The first-order valence-corrected chi connectivity index (χ1v) is 4.17. The zero-order valence-electron chi connectivity index (χ0n) is 6.05. The molecule has 0 radical (unpaired) electrons. The van der Waals surface area contributed by atoms with Crippen LogP contribution in [0.1, 0.15) is 19.3 Å². The third-order valence-electron chi connectivity index (χ3n) is 3.59. The van der Waals surface area contributed by atoms with Crippen LogP contribution in [0.3, 0.4) is 0 Å². The SMILES string of the molecule is C1NC2CC3CC1C2C3.Cl. The second-order valence-corrected chi connectivity index (χ2v) is 4.01. The molecule has 2 aliphatic carbocycles. The van der Waals surface area contributed by atoms with Crippen LogP contribution in [0.15, 0.2) is 0 Å². The lowest BCUT2D eigenvalue weighted by Gasteiger charge is -2.15. The van der Waals surface area contributed by atoms with Crippen LogP contribution in [0.25, 0.3) is 0 Å². The van der Waals surface area contributed by atoms with Crippen molar-refractivity contribution in [1.29, 1.82) is 0 Å². The van der Waals surface area contributed by atoms with E-state index in [1.165, 1.54) is 13.0 Å². The first-order valence-electron chi connectivity index (χ1n) is 4.17. The second-order valence-electron chi connectivity index (χ2n) is 4.01. The second kappa shape index (κ2) is 2.12. The highest BCUT2D eigenvalue weighted by Gasteiger charge is 2.49. The van der Waals surface area contributed by atoms with Gasteiger partial charge in [-0.25, -0.2) is 0 Å². The van der Waals surface area contributed by atoms with E-state index in [9.17, 15) is 0 Å². The van der Waals surface area contributed by atoms with E-state index >= 15 is 0 Å². The van der Waals surface area contributed by atoms with Gasteiger partial charge in [0.05, 0.1) is 0 Å². The molecule has 2 saturated carbocycles. The summed E-state index contributed by atoms with van der Waals surface area (Å²) in [6, 6.07) is 0.953. The van der Waals surface area contributed by atoms with Gasteiger partial charge in [-0.05, 0) is 43.6 Å². The molecule has 2 bridgehead atoms. The van der Waals surface area contributed by atoms with E-state index in [2.05, 4.69) is 5.32 Å². The molecular weight excluding hydrogens is 146 g/mol. The summed E-state index contributed by atoms with van der Waals surface area (Å²) < 4.78 is 0. The summed E-state index contributed by atoms with van der Waals surface area (Å²) in [4.78, 5) is 0. The fourth-order valence-electron chi connectivity index (χ4n) is 3.27. The third-order valence-corrected chi connectivity index (χ3v) is 3.59. The summed E-state index contributed by atoms with van der Waals surface area (Å²) in [6.07, 6.45) is 4.61. The molecule has 10 heavy (non-hydrogen) atoms. The molecule has 0 aromatic rings. The number of hydrogen-bond acceptors (Lipinski definition) is 1. The molecule has 3 fully saturated rings. The molecule has 0 amide bonds. The van der Waals surface area contributed by atoms with E-state index < -0.39 is 0 Å². The van der Waals surface area contributed by atoms with Crippen molar-refractivity contribution in [3.05, 3.63) is 0 Å². The minimum Gasteiger partial charge on any atom is -0.313 e. The van der Waals surface area contributed by atoms with Crippen molar-refractivity contribution in [3.63, 3.8) is 0 Å². The molecule has 0 spiro atoms. The smallest absolute Gasteiger partial charge is 0.0101 e. The molecule has 3 rings (SSSR count). The Morgan fingerprint density at radius 2 is 2.00 bits per heavy atom. The molecule has 1 nitrogen and oxygen atoms in total. The molecule has 4 unspecified atom stereocenters. The highest BCUT2D eigenvalue weighted by Crippen LogP contribution is 2.51. The largest absolute Gasteiger partial charge is 0.313 e. The average molecular weight is 160 g/mol. The number of halogens is 1. The first kappa shape index (κ1) is 6.93. The maximum Gasteiger partial charge on any atom is 0.0101 e. The summed E-state index contributed by atoms with van der Waals surface area (Å²) in [5.41, 5.74) is 0. The van der Waals surface area contributed by atoms with Crippen LogP contribution in [-0.2, 0) is 0 Å². The molecule has 2 heteroatoms. The van der Waals surface area contributed by atoms with Crippen molar-refractivity contribution in [2.24, 2.45) is 17.8 Å². The van der Waals surface area contributed by atoms with Crippen molar-refractivity contribution in [2.45, 2.75) is 25.3 Å². The fourth-order valence-corrected chi connectivity index (χ4v) is 3.27. The number of fused-ring (bicyclic) bond motifs is 1. The van der Waals surface area contributed by atoms with Gasteiger partial charge < -0.3 is 5.32 Å². The molecule has 1 saturated heterocycles. The lowest BCUT2D eigenvalue weighted by atomic mass is 9.90. The number of rotatable bonds is 0. The molecule has 58 valence electrons. The molecule has 1 N–H and O–H groups in total. The molecule has 0 aromatic carbocycles. The van der Waals surface area contributed by atoms with Gasteiger partial charge >= 0.3 is 0 Å². The van der Waals surface area contributed by atoms with E-state index in [1.54, 1.807) is 12.8 Å². The Hall–Kier alpha value is 0.250. The molecule has 4 atom stereocenters. The summed E-state index contributed by atoms with van der Waals surface area (Å²) in [5.74, 6) is 3.32. The van der Waals surface area contributed by atoms with Crippen molar-refractivity contribution < 1.29 is 0 Å². The predicted molar refractivity (Wildman–Crippen MR) is 43.4 cm³/mol. The third kappa shape index (κ3) is 0.680. The van der Waals surface area contributed by atoms with Crippen LogP contribution in [0.5, 0.6) is 0 Å². The van der Waals surface area contributed by atoms with Gasteiger partial charge in [-0.3, -0.25) is 0 Å². The van der Waals surface area contributed by atoms with Crippen LogP contribution in [0.4, 0.5) is 0 Å². The summed E-state index contributed by atoms with van der Waals surface area (Å²) in [5, 5.41) is 3.61. The maximum atomic E-state index is 3.61. The van der Waals surface area contributed by atoms with Crippen molar-refractivity contribution in [3.8, 4) is 0 Å². The highest BCUT2D eigenvalue weighted by atomic mass is 35.5. The summed E-state index contributed by atoms with van der Waals surface area (Å²) >= 11 is 0. The van der Waals surface area contributed by atoms with E-state index in [1.807, 2.05) is 0 Å². The van der Waals surface area contributed by atoms with Gasteiger partial charge in [-0.15, -0.1) is 12.4 Å². The van der Waals surface area contributed by atoms with Gasteiger partial charge in [0.15, 0.2) is 0 Å². The van der Waals surface area contributed by atoms with Crippen molar-refractivity contribution in [2.75, 3.05) is 6.54 Å². The molecule has 3 aliphatic rings. The average Bonchev–Trinajstić information content (AvgIpc) is 2.35. The Labute approximate surface area is 68.0 Å². The minimum atomic E-state index is 0. The van der Waals surface area contributed by atoms with Crippen LogP contribution < -0.4 is 5.32 Å². The Morgan fingerprint density at radius 1 is 1.10 bits per heavy atom. The van der Waals surface area contributed by atoms with E-state index in [0.717, 1.165) is 23.8 Å². The number of nitrogens with one attached hydrogen (secondary N) is 1. The Morgan fingerprint density at radius 3 is 2.60 bits per heavy atom. The maximum absolute atomic E-state index is 3.61. The quantitative estimate of drug-likeness (QED) is 0.564. The van der Waals surface area contributed by atoms with E-state index in [-0.39, 0.29) is 12.4 Å². The zero-order chi connectivity index (χ0) is 5.84. The van der Waals surface area contributed by atoms with Crippen molar-refractivity contribution >= 4 is 12.4 Å². The first-order chi connectivity index (χ1) is 4.43.